The fourth-order valence-corrected chi connectivity index (χ4v) is 1.79. The number of hydrogen-bond acceptors (Lipinski definition) is 3. The second kappa shape index (κ2) is 5.19. The third kappa shape index (κ3) is 2.97. The molecule has 0 amide bonds. The molecule has 1 fully saturated rings. The van der Waals surface area contributed by atoms with Crippen molar-refractivity contribution >= 4 is 5.97 Å². The zero-order valence-electron chi connectivity index (χ0n) is 9.85. The minimum absolute atomic E-state index is 0.339. The Kier molecular flexibility index (Phi) is 3.64. The summed E-state index contributed by atoms with van der Waals surface area (Å²) in [6.07, 6.45) is 2.11. The lowest BCUT2D eigenvalue weighted by atomic mass is 10.1. The summed E-state index contributed by atoms with van der Waals surface area (Å²) in [6, 6.07) is 6.96. The molecule has 1 aromatic rings. The third-order valence-electron chi connectivity index (χ3n) is 2.76. The second-order valence-electron chi connectivity index (χ2n) is 4.18. The highest BCUT2D eigenvalue weighted by atomic mass is 16.5. The van der Waals surface area contributed by atoms with Crippen LogP contribution in [-0.4, -0.2) is 23.7 Å². The van der Waals surface area contributed by atoms with Crippen LogP contribution in [0.2, 0.25) is 0 Å². The van der Waals surface area contributed by atoms with E-state index in [0.29, 0.717) is 24.0 Å². The van der Waals surface area contributed by atoms with Crippen LogP contribution in [0.4, 0.5) is 0 Å². The molecule has 2 N–H and O–H groups in total. The lowest BCUT2D eigenvalue weighted by Crippen LogP contribution is -2.30. The molecule has 0 spiro atoms. The molecule has 4 heteroatoms. The molecule has 0 heterocycles. The van der Waals surface area contributed by atoms with Gasteiger partial charge in [0.15, 0.2) is 0 Å². The van der Waals surface area contributed by atoms with E-state index >= 15 is 0 Å². The van der Waals surface area contributed by atoms with Crippen LogP contribution in [0, 0.1) is 0 Å². The Labute approximate surface area is 101 Å². The molecule has 0 aliphatic heterocycles. The Morgan fingerprint density at radius 2 is 2.24 bits per heavy atom. The highest BCUT2D eigenvalue weighted by Crippen LogP contribution is 2.29. The standard InChI is InChI=1S/C13H17NO3/c1-2-17-11-6-4-3-5-10(11)12(13(15)16)14-9-7-8-9/h3-6,9,12,14H,2,7-8H2,1H3,(H,15,16). The zero-order chi connectivity index (χ0) is 12.3. The highest BCUT2D eigenvalue weighted by Gasteiger charge is 2.30. The van der Waals surface area contributed by atoms with Crippen molar-refractivity contribution in [1.29, 1.82) is 0 Å². The third-order valence-corrected chi connectivity index (χ3v) is 2.76. The van der Waals surface area contributed by atoms with E-state index in [1.54, 1.807) is 6.07 Å². The summed E-state index contributed by atoms with van der Waals surface area (Å²) < 4.78 is 5.47. The first-order valence-electron chi connectivity index (χ1n) is 5.93. The van der Waals surface area contributed by atoms with Gasteiger partial charge in [-0.1, -0.05) is 18.2 Å². The Morgan fingerprint density at radius 1 is 1.53 bits per heavy atom. The molecular formula is C13H17NO3. The van der Waals surface area contributed by atoms with E-state index in [4.69, 9.17) is 4.74 Å². The Hall–Kier alpha value is -1.55. The van der Waals surface area contributed by atoms with Crippen molar-refractivity contribution in [2.45, 2.75) is 31.8 Å². The van der Waals surface area contributed by atoms with Crippen molar-refractivity contribution in [1.82, 2.24) is 5.32 Å². The van der Waals surface area contributed by atoms with Crippen LogP contribution in [0.1, 0.15) is 31.4 Å². The average molecular weight is 235 g/mol. The smallest absolute Gasteiger partial charge is 0.325 e. The molecule has 92 valence electrons. The number of carbonyl (C=O) groups is 1. The fourth-order valence-electron chi connectivity index (χ4n) is 1.79. The first-order chi connectivity index (χ1) is 8.22. The van der Waals surface area contributed by atoms with E-state index in [0.717, 1.165) is 12.8 Å². The fraction of sp³-hybridized carbons (Fsp3) is 0.462. The van der Waals surface area contributed by atoms with Gasteiger partial charge < -0.3 is 9.84 Å². The number of carboxylic acid groups (broad SMARTS) is 1. The molecule has 1 aromatic carbocycles. The molecule has 0 saturated heterocycles. The first kappa shape index (κ1) is 11.9. The number of rotatable bonds is 6. The number of aliphatic carboxylic acids is 1. The van der Waals surface area contributed by atoms with E-state index in [1.807, 2.05) is 25.1 Å². The van der Waals surface area contributed by atoms with E-state index in [2.05, 4.69) is 5.32 Å². The van der Waals surface area contributed by atoms with Gasteiger partial charge in [0.1, 0.15) is 11.8 Å². The largest absolute Gasteiger partial charge is 0.494 e. The van der Waals surface area contributed by atoms with Gasteiger partial charge in [0, 0.05) is 11.6 Å². The second-order valence-corrected chi connectivity index (χ2v) is 4.18. The van der Waals surface area contributed by atoms with Crippen LogP contribution in [0.5, 0.6) is 5.75 Å². The summed E-state index contributed by atoms with van der Waals surface area (Å²) in [7, 11) is 0. The van der Waals surface area contributed by atoms with Crippen molar-refractivity contribution in [3.63, 3.8) is 0 Å². The molecule has 1 unspecified atom stereocenters. The number of para-hydroxylation sites is 1. The van der Waals surface area contributed by atoms with Crippen LogP contribution in [0.25, 0.3) is 0 Å². The number of benzene rings is 1. The molecule has 1 atom stereocenters. The van der Waals surface area contributed by atoms with Gasteiger partial charge in [0.25, 0.3) is 0 Å². The van der Waals surface area contributed by atoms with Gasteiger partial charge in [0.05, 0.1) is 6.61 Å². The molecule has 0 aromatic heterocycles. The van der Waals surface area contributed by atoms with Gasteiger partial charge in [-0.25, -0.2) is 0 Å². The van der Waals surface area contributed by atoms with E-state index < -0.39 is 12.0 Å². The molecule has 0 bridgehead atoms. The molecule has 1 aliphatic rings. The summed E-state index contributed by atoms with van der Waals surface area (Å²) in [4.78, 5) is 11.3. The summed E-state index contributed by atoms with van der Waals surface area (Å²) >= 11 is 0. The zero-order valence-corrected chi connectivity index (χ0v) is 9.85. The maximum atomic E-state index is 11.3. The number of hydrogen-bond donors (Lipinski definition) is 2. The van der Waals surface area contributed by atoms with Crippen molar-refractivity contribution in [2.24, 2.45) is 0 Å². The van der Waals surface area contributed by atoms with Crippen LogP contribution >= 0.6 is 0 Å². The van der Waals surface area contributed by atoms with Gasteiger partial charge in [-0.15, -0.1) is 0 Å². The summed E-state index contributed by atoms with van der Waals surface area (Å²) in [5, 5.41) is 12.4. The topological polar surface area (TPSA) is 58.6 Å². The minimum atomic E-state index is -0.857. The predicted octanol–water partition coefficient (Wildman–Crippen LogP) is 1.96. The predicted molar refractivity (Wildman–Crippen MR) is 64.1 cm³/mol. The van der Waals surface area contributed by atoms with Gasteiger partial charge in [-0.3, -0.25) is 10.1 Å². The first-order valence-corrected chi connectivity index (χ1v) is 5.93. The van der Waals surface area contributed by atoms with Crippen molar-refractivity contribution in [3.05, 3.63) is 29.8 Å². The van der Waals surface area contributed by atoms with Crippen molar-refractivity contribution in [2.75, 3.05) is 6.61 Å². The van der Waals surface area contributed by atoms with Gasteiger partial charge >= 0.3 is 5.97 Å². The number of carboxylic acids is 1. The molecule has 1 aliphatic carbocycles. The van der Waals surface area contributed by atoms with Crippen molar-refractivity contribution < 1.29 is 14.6 Å². The van der Waals surface area contributed by atoms with Crippen LogP contribution in [-0.2, 0) is 4.79 Å². The monoisotopic (exact) mass is 235 g/mol. The van der Waals surface area contributed by atoms with Crippen molar-refractivity contribution in [3.8, 4) is 5.75 Å². The Morgan fingerprint density at radius 3 is 2.82 bits per heavy atom. The molecule has 0 radical (unpaired) electrons. The Balaban J connectivity index is 2.23. The number of ether oxygens (including phenoxy) is 1. The minimum Gasteiger partial charge on any atom is -0.494 e. The molecule has 17 heavy (non-hydrogen) atoms. The Bertz CT molecular complexity index is 401. The molecule has 2 rings (SSSR count). The van der Waals surface area contributed by atoms with E-state index in [1.165, 1.54) is 0 Å². The lowest BCUT2D eigenvalue weighted by Gasteiger charge is -2.17. The average Bonchev–Trinajstić information content (AvgIpc) is 3.11. The van der Waals surface area contributed by atoms with Crippen LogP contribution in [0.15, 0.2) is 24.3 Å². The summed E-state index contributed by atoms with van der Waals surface area (Å²) in [6.45, 7) is 2.42. The maximum Gasteiger partial charge on any atom is 0.325 e. The maximum absolute atomic E-state index is 11.3. The highest BCUT2D eigenvalue weighted by molar-refractivity contribution is 5.76. The van der Waals surface area contributed by atoms with Gasteiger partial charge in [0.2, 0.25) is 0 Å². The summed E-state index contributed by atoms with van der Waals surface area (Å²) in [5.41, 5.74) is 0.703. The molecular weight excluding hydrogens is 218 g/mol. The lowest BCUT2D eigenvalue weighted by molar-refractivity contribution is -0.139. The molecule has 1 saturated carbocycles. The van der Waals surface area contributed by atoms with Crippen LogP contribution in [0.3, 0.4) is 0 Å². The molecule has 4 nitrogen and oxygen atoms in total. The van der Waals surface area contributed by atoms with Crippen LogP contribution < -0.4 is 10.1 Å². The number of nitrogens with one attached hydrogen (secondary N) is 1. The summed E-state index contributed by atoms with van der Waals surface area (Å²) in [5.74, 6) is -0.209. The van der Waals surface area contributed by atoms with Gasteiger partial charge in [-0.05, 0) is 25.8 Å². The normalized spacial score (nSPS) is 16.5. The van der Waals surface area contributed by atoms with Gasteiger partial charge in [-0.2, -0.15) is 0 Å². The quantitative estimate of drug-likeness (QED) is 0.791. The van der Waals surface area contributed by atoms with E-state index in [-0.39, 0.29) is 0 Å². The SMILES string of the molecule is CCOc1ccccc1C(NC1CC1)C(=O)O. The van der Waals surface area contributed by atoms with E-state index in [9.17, 15) is 9.90 Å².